The molecule has 1 unspecified atom stereocenters. The molecule has 5 nitrogen and oxygen atoms in total. The van der Waals surface area contributed by atoms with Crippen LogP contribution >= 0.6 is 0 Å². The van der Waals surface area contributed by atoms with E-state index in [-0.39, 0.29) is 6.04 Å². The number of nitrogens with two attached hydrogens (primary N) is 1. The van der Waals surface area contributed by atoms with E-state index in [2.05, 4.69) is 63.2 Å². The summed E-state index contributed by atoms with van der Waals surface area (Å²) in [6.45, 7) is 0. The number of hydrogen-bond acceptors (Lipinski definition) is 4. The number of rotatable bonds is 3. The van der Waals surface area contributed by atoms with Crippen molar-refractivity contribution >= 4 is 17.0 Å². The van der Waals surface area contributed by atoms with Gasteiger partial charge < -0.3 is 11.1 Å². The van der Waals surface area contributed by atoms with Crippen LogP contribution in [0.3, 0.4) is 0 Å². The Balaban J connectivity index is 1.45. The SMILES string of the molecule is Nc1nccn2c(C3CCC3)nc(C3Cc4cccc(-c5ccccc5)c4N3)c12. The van der Waals surface area contributed by atoms with Crippen LogP contribution in [0.5, 0.6) is 0 Å². The number of nitrogens with zero attached hydrogens (tertiary/aromatic N) is 3. The Hall–Kier alpha value is -3.34. The molecule has 0 saturated heterocycles. The first-order valence-corrected chi connectivity index (χ1v) is 10.4. The molecule has 0 amide bonds. The molecule has 144 valence electrons. The third-order valence-electron chi connectivity index (χ3n) is 6.42. The van der Waals surface area contributed by atoms with Crippen LogP contribution in [0.1, 0.15) is 48.3 Å². The third-order valence-corrected chi connectivity index (χ3v) is 6.42. The van der Waals surface area contributed by atoms with E-state index in [1.165, 1.54) is 41.6 Å². The van der Waals surface area contributed by atoms with Gasteiger partial charge in [-0.1, -0.05) is 55.0 Å². The van der Waals surface area contributed by atoms with E-state index in [9.17, 15) is 0 Å². The largest absolute Gasteiger partial charge is 0.382 e. The van der Waals surface area contributed by atoms with Gasteiger partial charge in [0.25, 0.3) is 0 Å². The highest BCUT2D eigenvalue weighted by Crippen LogP contribution is 2.43. The number of imidazole rings is 1. The van der Waals surface area contributed by atoms with E-state index < -0.39 is 0 Å². The van der Waals surface area contributed by atoms with Crippen molar-refractivity contribution in [2.45, 2.75) is 37.6 Å². The average Bonchev–Trinajstić information content (AvgIpc) is 3.30. The lowest BCUT2D eigenvalue weighted by Gasteiger charge is -2.23. The molecule has 4 aromatic rings. The minimum Gasteiger partial charge on any atom is -0.382 e. The Morgan fingerprint density at radius 1 is 1.03 bits per heavy atom. The van der Waals surface area contributed by atoms with Gasteiger partial charge in [0.15, 0.2) is 0 Å². The molecule has 0 bridgehead atoms. The molecule has 5 heteroatoms. The first kappa shape index (κ1) is 16.6. The number of para-hydroxylation sites is 1. The van der Waals surface area contributed by atoms with Crippen LogP contribution in [-0.4, -0.2) is 14.4 Å². The Bertz CT molecular complexity index is 1210. The molecular weight excluding hydrogens is 358 g/mol. The number of nitrogens with one attached hydrogen (secondary N) is 1. The lowest BCUT2D eigenvalue weighted by molar-refractivity contribution is 0.399. The van der Waals surface area contributed by atoms with Gasteiger partial charge in [-0.05, 0) is 24.0 Å². The number of nitrogen functional groups attached to an aromatic ring is 1. The highest BCUT2D eigenvalue weighted by Gasteiger charge is 2.32. The van der Waals surface area contributed by atoms with Crippen molar-refractivity contribution in [3.63, 3.8) is 0 Å². The molecule has 29 heavy (non-hydrogen) atoms. The van der Waals surface area contributed by atoms with Crippen LogP contribution in [0.15, 0.2) is 60.9 Å². The minimum atomic E-state index is 0.102. The molecule has 1 fully saturated rings. The zero-order chi connectivity index (χ0) is 19.4. The van der Waals surface area contributed by atoms with Crippen LogP contribution in [0.25, 0.3) is 16.6 Å². The molecule has 6 rings (SSSR count). The highest BCUT2D eigenvalue weighted by molar-refractivity contribution is 5.83. The highest BCUT2D eigenvalue weighted by atomic mass is 15.1. The zero-order valence-corrected chi connectivity index (χ0v) is 16.2. The van der Waals surface area contributed by atoms with E-state index in [0.717, 1.165) is 23.5 Å². The summed E-state index contributed by atoms with van der Waals surface area (Å²) in [5.74, 6) is 2.22. The van der Waals surface area contributed by atoms with E-state index in [0.29, 0.717) is 11.7 Å². The number of benzene rings is 2. The Labute approximate surface area is 169 Å². The summed E-state index contributed by atoms with van der Waals surface area (Å²) in [6.07, 6.45) is 8.38. The van der Waals surface area contributed by atoms with Gasteiger partial charge in [-0.3, -0.25) is 4.40 Å². The maximum atomic E-state index is 6.32. The molecule has 0 radical (unpaired) electrons. The van der Waals surface area contributed by atoms with Gasteiger partial charge in [0.05, 0.1) is 11.7 Å². The first-order chi connectivity index (χ1) is 14.3. The first-order valence-electron chi connectivity index (χ1n) is 10.4. The fourth-order valence-electron chi connectivity index (χ4n) is 4.72. The van der Waals surface area contributed by atoms with Crippen molar-refractivity contribution in [1.29, 1.82) is 0 Å². The molecule has 2 aromatic heterocycles. The molecule has 3 heterocycles. The maximum Gasteiger partial charge on any atom is 0.149 e. The Morgan fingerprint density at radius 3 is 2.69 bits per heavy atom. The third kappa shape index (κ3) is 2.54. The van der Waals surface area contributed by atoms with Crippen LogP contribution in [-0.2, 0) is 6.42 Å². The van der Waals surface area contributed by atoms with E-state index in [4.69, 9.17) is 10.7 Å². The summed E-state index contributed by atoms with van der Waals surface area (Å²) in [6, 6.07) is 17.2. The van der Waals surface area contributed by atoms with Crippen molar-refractivity contribution < 1.29 is 0 Å². The lowest BCUT2D eigenvalue weighted by Crippen LogP contribution is -2.13. The van der Waals surface area contributed by atoms with Gasteiger partial charge >= 0.3 is 0 Å². The van der Waals surface area contributed by atoms with Gasteiger partial charge in [-0.2, -0.15) is 0 Å². The van der Waals surface area contributed by atoms with Crippen LogP contribution in [0.2, 0.25) is 0 Å². The van der Waals surface area contributed by atoms with Gasteiger partial charge in [0.1, 0.15) is 17.2 Å². The van der Waals surface area contributed by atoms with Gasteiger partial charge in [0, 0.05) is 36.0 Å². The van der Waals surface area contributed by atoms with E-state index in [1.807, 2.05) is 6.20 Å². The zero-order valence-electron chi connectivity index (χ0n) is 16.2. The van der Waals surface area contributed by atoms with E-state index in [1.54, 1.807) is 6.20 Å². The summed E-state index contributed by atoms with van der Waals surface area (Å²) >= 11 is 0. The smallest absolute Gasteiger partial charge is 0.149 e. The van der Waals surface area contributed by atoms with Crippen molar-refractivity contribution in [3.05, 3.63) is 78.0 Å². The average molecular weight is 381 g/mol. The molecule has 0 spiro atoms. The Morgan fingerprint density at radius 2 is 1.90 bits per heavy atom. The lowest BCUT2D eigenvalue weighted by atomic mass is 9.85. The van der Waals surface area contributed by atoms with Crippen molar-refractivity contribution in [2.75, 3.05) is 11.1 Å². The minimum absolute atomic E-state index is 0.102. The standard InChI is InChI=1S/C24H23N5/c25-23-22-21(28-24(16-8-4-9-16)29(22)13-12-26-23)19-14-17-10-5-11-18(20(17)27-19)15-6-2-1-3-7-15/h1-3,5-7,10-13,16,19,27H,4,8-9,14H2,(H2,25,26). The maximum absolute atomic E-state index is 6.32. The quantitative estimate of drug-likeness (QED) is 0.527. The normalized spacial score (nSPS) is 18.4. The second kappa shape index (κ2) is 6.34. The fraction of sp³-hybridized carbons (Fsp3) is 0.250. The molecule has 2 aliphatic rings. The number of hydrogen-bond donors (Lipinski definition) is 2. The number of anilines is 2. The van der Waals surface area contributed by atoms with E-state index >= 15 is 0 Å². The van der Waals surface area contributed by atoms with Gasteiger partial charge in [0.2, 0.25) is 0 Å². The molecule has 1 atom stereocenters. The monoisotopic (exact) mass is 381 g/mol. The summed E-state index contributed by atoms with van der Waals surface area (Å²) in [5.41, 5.74) is 13.3. The van der Waals surface area contributed by atoms with Crippen molar-refractivity contribution in [1.82, 2.24) is 14.4 Å². The molecule has 1 saturated carbocycles. The summed E-state index contributed by atoms with van der Waals surface area (Å²) < 4.78 is 2.17. The predicted octanol–water partition coefficient (Wildman–Crippen LogP) is 4.96. The van der Waals surface area contributed by atoms with Crippen molar-refractivity contribution in [3.8, 4) is 11.1 Å². The molecule has 3 N–H and O–H groups in total. The predicted molar refractivity (Wildman–Crippen MR) is 116 cm³/mol. The van der Waals surface area contributed by atoms with Crippen LogP contribution in [0.4, 0.5) is 11.5 Å². The number of fused-ring (bicyclic) bond motifs is 2. The summed E-state index contributed by atoms with van der Waals surface area (Å²) in [5, 5.41) is 3.77. The fourth-order valence-corrected chi connectivity index (χ4v) is 4.72. The van der Waals surface area contributed by atoms with Crippen LogP contribution in [0, 0.1) is 0 Å². The molecule has 2 aromatic carbocycles. The Kier molecular flexibility index (Phi) is 3.63. The molecular formula is C24H23N5. The second-order valence-corrected chi connectivity index (χ2v) is 8.12. The summed E-state index contributed by atoms with van der Waals surface area (Å²) in [7, 11) is 0. The second-order valence-electron chi connectivity index (χ2n) is 8.12. The topological polar surface area (TPSA) is 68.2 Å². The van der Waals surface area contributed by atoms with Gasteiger partial charge in [-0.25, -0.2) is 9.97 Å². The molecule has 1 aliphatic heterocycles. The van der Waals surface area contributed by atoms with Gasteiger partial charge in [-0.15, -0.1) is 0 Å². The van der Waals surface area contributed by atoms with Crippen LogP contribution < -0.4 is 11.1 Å². The molecule has 1 aliphatic carbocycles. The summed E-state index contributed by atoms with van der Waals surface area (Å²) in [4.78, 5) is 9.48. The number of aromatic nitrogens is 3. The van der Waals surface area contributed by atoms with Crippen molar-refractivity contribution in [2.24, 2.45) is 0 Å².